The maximum atomic E-state index is 13.4. The van der Waals surface area contributed by atoms with E-state index in [9.17, 15) is 9.18 Å². The summed E-state index contributed by atoms with van der Waals surface area (Å²) in [5, 5.41) is 2.81. The second-order valence-electron chi connectivity index (χ2n) is 4.84. The van der Waals surface area contributed by atoms with Gasteiger partial charge in [-0.25, -0.2) is 4.39 Å². The Morgan fingerprint density at radius 3 is 2.89 bits per heavy atom. The van der Waals surface area contributed by atoms with Gasteiger partial charge in [0.25, 0.3) is 0 Å². The zero-order valence-electron chi connectivity index (χ0n) is 10.4. The fourth-order valence-electron chi connectivity index (χ4n) is 2.62. The van der Waals surface area contributed by atoms with Crippen LogP contribution in [0.3, 0.4) is 0 Å². The Morgan fingerprint density at radius 2 is 2.17 bits per heavy atom. The molecule has 18 heavy (non-hydrogen) atoms. The van der Waals surface area contributed by atoms with Gasteiger partial charge in [-0.05, 0) is 31.4 Å². The maximum Gasteiger partial charge on any atom is 0.223 e. The zero-order chi connectivity index (χ0) is 13.0. The fourth-order valence-corrected chi connectivity index (χ4v) is 2.62. The molecular weight excluding hydrogens is 231 g/mol. The van der Waals surface area contributed by atoms with Crippen molar-refractivity contribution >= 4 is 5.91 Å². The Kier molecular flexibility index (Phi) is 4.31. The third-order valence-corrected chi connectivity index (χ3v) is 3.71. The van der Waals surface area contributed by atoms with E-state index < -0.39 is 0 Å². The van der Waals surface area contributed by atoms with Gasteiger partial charge in [0, 0.05) is 18.0 Å². The van der Waals surface area contributed by atoms with E-state index in [1.807, 2.05) is 0 Å². The van der Waals surface area contributed by atoms with Gasteiger partial charge in [0.1, 0.15) is 5.82 Å². The Hall–Kier alpha value is -1.42. The molecular formula is C14H19FN2O. The third-order valence-electron chi connectivity index (χ3n) is 3.71. The summed E-state index contributed by atoms with van der Waals surface area (Å²) in [4.78, 5) is 12.0. The largest absolute Gasteiger partial charge is 0.352 e. The highest BCUT2D eigenvalue weighted by Crippen LogP contribution is 2.30. The summed E-state index contributed by atoms with van der Waals surface area (Å²) in [6.07, 6.45) is 2.97. The molecule has 1 amide bonds. The standard InChI is InChI=1S/C14H19FN2O/c15-13-7-2-1-4-11(13)9-17-14(18)12-6-3-5-10(12)8-16/h1-2,4,7,10,12H,3,5-6,8-9,16H2,(H,17,18)/t10-,12-/m1/s1. The van der Waals surface area contributed by atoms with Gasteiger partial charge in [-0.3, -0.25) is 4.79 Å². The molecule has 1 aromatic carbocycles. The van der Waals surface area contributed by atoms with Gasteiger partial charge in [0.2, 0.25) is 5.91 Å². The van der Waals surface area contributed by atoms with E-state index in [-0.39, 0.29) is 30.1 Å². The van der Waals surface area contributed by atoms with Gasteiger partial charge in [-0.15, -0.1) is 0 Å². The van der Waals surface area contributed by atoms with E-state index in [1.165, 1.54) is 6.07 Å². The summed E-state index contributed by atoms with van der Waals surface area (Å²) in [6.45, 7) is 0.803. The molecule has 0 unspecified atom stereocenters. The SMILES string of the molecule is NC[C@H]1CCC[C@H]1C(=O)NCc1ccccc1F. The smallest absolute Gasteiger partial charge is 0.223 e. The minimum atomic E-state index is -0.278. The molecule has 0 spiro atoms. The summed E-state index contributed by atoms with van der Waals surface area (Å²) >= 11 is 0. The van der Waals surface area contributed by atoms with Crippen molar-refractivity contribution in [1.82, 2.24) is 5.32 Å². The summed E-state index contributed by atoms with van der Waals surface area (Å²) in [5.74, 6) is 0.0122. The van der Waals surface area contributed by atoms with Gasteiger partial charge in [0.05, 0.1) is 0 Å². The minimum Gasteiger partial charge on any atom is -0.352 e. The topological polar surface area (TPSA) is 55.1 Å². The molecule has 1 saturated carbocycles. The Bertz CT molecular complexity index is 422. The van der Waals surface area contributed by atoms with E-state index >= 15 is 0 Å². The highest BCUT2D eigenvalue weighted by atomic mass is 19.1. The second-order valence-corrected chi connectivity index (χ2v) is 4.84. The molecule has 0 saturated heterocycles. The van der Waals surface area contributed by atoms with E-state index in [1.54, 1.807) is 18.2 Å². The molecule has 3 nitrogen and oxygen atoms in total. The summed E-state index contributed by atoms with van der Waals surface area (Å²) in [5.41, 5.74) is 6.17. The summed E-state index contributed by atoms with van der Waals surface area (Å²) < 4.78 is 13.4. The summed E-state index contributed by atoms with van der Waals surface area (Å²) in [6, 6.07) is 6.50. The molecule has 1 aliphatic carbocycles. The average Bonchev–Trinajstić information content (AvgIpc) is 2.86. The molecule has 0 aromatic heterocycles. The van der Waals surface area contributed by atoms with Crippen molar-refractivity contribution < 1.29 is 9.18 Å². The highest BCUT2D eigenvalue weighted by molar-refractivity contribution is 5.79. The van der Waals surface area contributed by atoms with Crippen molar-refractivity contribution in [1.29, 1.82) is 0 Å². The van der Waals surface area contributed by atoms with Crippen LogP contribution in [0, 0.1) is 17.7 Å². The molecule has 1 aliphatic rings. The predicted molar refractivity (Wildman–Crippen MR) is 68.1 cm³/mol. The van der Waals surface area contributed by atoms with Crippen LogP contribution in [0.2, 0.25) is 0 Å². The van der Waals surface area contributed by atoms with Crippen molar-refractivity contribution in [2.75, 3.05) is 6.54 Å². The first-order chi connectivity index (χ1) is 8.72. The molecule has 3 N–H and O–H groups in total. The molecule has 4 heteroatoms. The highest BCUT2D eigenvalue weighted by Gasteiger charge is 2.31. The molecule has 1 fully saturated rings. The van der Waals surface area contributed by atoms with Crippen LogP contribution in [0.15, 0.2) is 24.3 Å². The van der Waals surface area contributed by atoms with Gasteiger partial charge >= 0.3 is 0 Å². The summed E-state index contributed by atoms with van der Waals surface area (Å²) in [7, 11) is 0. The lowest BCUT2D eigenvalue weighted by molar-refractivity contribution is -0.126. The second kappa shape index (κ2) is 5.96. The number of carbonyl (C=O) groups excluding carboxylic acids is 1. The Morgan fingerprint density at radius 1 is 1.39 bits per heavy atom. The van der Waals surface area contributed by atoms with E-state index in [2.05, 4.69) is 5.32 Å². The zero-order valence-corrected chi connectivity index (χ0v) is 10.4. The average molecular weight is 250 g/mol. The van der Waals surface area contributed by atoms with Crippen LogP contribution in [-0.2, 0) is 11.3 Å². The van der Waals surface area contributed by atoms with Gasteiger partial charge in [-0.2, -0.15) is 0 Å². The number of benzene rings is 1. The molecule has 0 aliphatic heterocycles. The Labute approximate surface area is 107 Å². The van der Waals surface area contributed by atoms with Crippen LogP contribution in [0.4, 0.5) is 4.39 Å². The number of nitrogens with two attached hydrogens (primary N) is 1. The van der Waals surface area contributed by atoms with Crippen molar-refractivity contribution in [3.05, 3.63) is 35.6 Å². The van der Waals surface area contributed by atoms with E-state index in [0.717, 1.165) is 19.3 Å². The van der Waals surface area contributed by atoms with Crippen molar-refractivity contribution in [2.45, 2.75) is 25.8 Å². The van der Waals surface area contributed by atoms with Crippen LogP contribution in [-0.4, -0.2) is 12.5 Å². The van der Waals surface area contributed by atoms with Crippen LogP contribution < -0.4 is 11.1 Å². The number of halogens is 1. The molecule has 1 aromatic rings. The first-order valence-electron chi connectivity index (χ1n) is 6.43. The normalized spacial score (nSPS) is 23.0. The minimum absolute atomic E-state index is 0.00164. The number of rotatable bonds is 4. The molecule has 0 heterocycles. The quantitative estimate of drug-likeness (QED) is 0.856. The van der Waals surface area contributed by atoms with Crippen molar-refractivity contribution in [3.63, 3.8) is 0 Å². The first-order valence-corrected chi connectivity index (χ1v) is 6.43. The maximum absolute atomic E-state index is 13.4. The van der Waals surface area contributed by atoms with Crippen LogP contribution >= 0.6 is 0 Å². The number of hydrogen-bond donors (Lipinski definition) is 2. The fraction of sp³-hybridized carbons (Fsp3) is 0.500. The van der Waals surface area contributed by atoms with Crippen LogP contribution in [0.25, 0.3) is 0 Å². The monoisotopic (exact) mass is 250 g/mol. The molecule has 2 atom stereocenters. The number of carbonyl (C=O) groups is 1. The number of hydrogen-bond acceptors (Lipinski definition) is 2. The van der Waals surface area contributed by atoms with Crippen molar-refractivity contribution in [3.8, 4) is 0 Å². The first kappa shape index (κ1) is 13.0. The van der Waals surface area contributed by atoms with Gasteiger partial charge in [0.15, 0.2) is 0 Å². The van der Waals surface area contributed by atoms with Crippen LogP contribution in [0.1, 0.15) is 24.8 Å². The van der Waals surface area contributed by atoms with Gasteiger partial charge < -0.3 is 11.1 Å². The molecule has 0 bridgehead atoms. The van der Waals surface area contributed by atoms with E-state index in [4.69, 9.17) is 5.73 Å². The Balaban J connectivity index is 1.90. The molecule has 0 radical (unpaired) electrons. The van der Waals surface area contributed by atoms with E-state index in [0.29, 0.717) is 12.1 Å². The lowest BCUT2D eigenvalue weighted by atomic mass is 9.95. The van der Waals surface area contributed by atoms with Crippen LogP contribution in [0.5, 0.6) is 0 Å². The lowest BCUT2D eigenvalue weighted by Crippen LogP contribution is -2.34. The molecule has 98 valence electrons. The lowest BCUT2D eigenvalue weighted by Gasteiger charge is -2.17. The molecule has 2 rings (SSSR count). The number of nitrogens with one attached hydrogen (secondary N) is 1. The number of amides is 1. The van der Waals surface area contributed by atoms with Crippen molar-refractivity contribution in [2.24, 2.45) is 17.6 Å². The third kappa shape index (κ3) is 2.88. The van der Waals surface area contributed by atoms with Gasteiger partial charge in [-0.1, -0.05) is 24.6 Å². The predicted octanol–water partition coefficient (Wildman–Crippen LogP) is 1.82.